The van der Waals surface area contributed by atoms with E-state index in [1.54, 1.807) is 0 Å². The molecule has 0 heterocycles. The Kier molecular flexibility index (Phi) is 2.82. The van der Waals surface area contributed by atoms with E-state index in [2.05, 4.69) is 0 Å². The summed E-state index contributed by atoms with van der Waals surface area (Å²) in [5, 5.41) is 0. The van der Waals surface area contributed by atoms with E-state index in [9.17, 15) is 8.42 Å². The van der Waals surface area contributed by atoms with Crippen LogP contribution in [-0.4, -0.2) is 37.5 Å². The van der Waals surface area contributed by atoms with E-state index < -0.39 is 10.3 Å². The number of hydrogen-bond acceptors (Lipinski definition) is 2. The van der Waals surface area contributed by atoms with Crippen molar-refractivity contribution in [3.8, 4) is 0 Å². The maximum atomic E-state index is 10.6. The second-order valence-electron chi connectivity index (χ2n) is 2.75. The molecule has 0 spiro atoms. The minimum atomic E-state index is -3.93. The van der Waals surface area contributed by atoms with E-state index in [4.69, 9.17) is 4.55 Å². The van der Waals surface area contributed by atoms with Gasteiger partial charge in [-0.05, 0) is 6.42 Å². The zero-order valence-electron chi connectivity index (χ0n) is 6.53. The van der Waals surface area contributed by atoms with Crippen LogP contribution in [0.25, 0.3) is 0 Å². The molecule has 0 aromatic rings. The van der Waals surface area contributed by atoms with Crippen molar-refractivity contribution in [3.63, 3.8) is 0 Å². The van der Waals surface area contributed by atoms with Gasteiger partial charge in [-0.3, -0.25) is 0 Å². The Morgan fingerprint density at radius 2 is 1.80 bits per heavy atom. The summed E-state index contributed by atoms with van der Waals surface area (Å²) in [5.74, 6) is 0. The molecule has 0 fully saturated rings. The molecule has 0 radical (unpaired) electrons. The van der Waals surface area contributed by atoms with Gasteiger partial charge in [-0.2, -0.15) is 3.89 Å². The molecule has 0 bridgehead atoms. The van der Waals surface area contributed by atoms with Crippen LogP contribution in [0.3, 0.4) is 0 Å². The van der Waals surface area contributed by atoms with Gasteiger partial charge in [0.25, 0.3) is 0 Å². The first-order valence-electron chi connectivity index (χ1n) is 3.12. The number of hydrogen-bond donors (Lipinski definition) is 1. The van der Waals surface area contributed by atoms with Crippen molar-refractivity contribution in [1.82, 2.24) is 0 Å². The summed E-state index contributed by atoms with van der Waals surface area (Å²) >= 11 is 0. The lowest BCUT2D eigenvalue weighted by atomic mass is 10.5. The van der Waals surface area contributed by atoms with E-state index in [1.165, 1.54) is 14.1 Å². The van der Waals surface area contributed by atoms with Crippen LogP contribution in [0.2, 0.25) is 0 Å². The number of quaternary nitrogens is 1. The van der Waals surface area contributed by atoms with Crippen LogP contribution in [-0.2, 0) is 10.3 Å². The molecule has 0 aromatic heterocycles. The average molecular weight is 168 g/mol. The summed E-state index contributed by atoms with van der Waals surface area (Å²) in [4.78, 5) is 0. The summed E-state index contributed by atoms with van der Waals surface area (Å²) in [6.07, 6.45) is 0.729. The molecule has 0 aliphatic rings. The smallest absolute Gasteiger partial charge is 0.241 e. The Balaban J connectivity index is 4.42. The van der Waals surface area contributed by atoms with E-state index >= 15 is 0 Å². The molecule has 0 saturated carbocycles. The molecule has 0 unspecified atom stereocenters. The van der Waals surface area contributed by atoms with Crippen molar-refractivity contribution in [2.75, 3.05) is 20.6 Å². The zero-order valence-corrected chi connectivity index (χ0v) is 7.35. The summed E-state index contributed by atoms with van der Waals surface area (Å²) in [5.41, 5.74) is 0. The van der Waals surface area contributed by atoms with Crippen LogP contribution in [0.5, 0.6) is 0 Å². The third kappa shape index (κ3) is 2.24. The predicted molar refractivity (Wildman–Crippen MR) is 38.8 cm³/mol. The monoisotopic (exact) mass is 168 g/mol. The fourth-order valence-corrected chi connectivity index (χ4v) is 1.07. The Morgan fingerprint density at radius 1 is 1.40 bits per heavy atom. The summed E-state index contributed by atoms with van der Waals surface area (Å²) < 4.78 is 29.4. The first kappa shape index (κ1) is 9.87. The Labute approximate surface area is 61.9 Å². The minimum Gasteiger partial charge on any atom is -0.241 e. The first-order chi connectivity index (χ1) is 4.31. The van der Waals surface area contributed by atoms with Gasteiger partial charge in [-0.15, -0.1) is 8.42 Å². The van der Waals surface area contributed by atoms with Crippen molar-refractivity contribution >= 4 is 10.3 Å². The molecule has 62 valence electrons. The Morgan fingerprint density at radius 3 is 1.90 bits per heavy atom. The van der Waals surface area contributed by atoms with E-state index in [1.807, 2.05) is 6.92 Å². The largest absolute Gasteiger partial charge is 0.432 e. The molecule has 0 aliphatic carbocycles. The molecular formula is C5H14NO3S+. The van der Waals surface area contributed by atoms with Crippen LogP contribution in [0.4, 0.5) is 0 Å². The van der Waals surface area contributed by atoms with Gasteiger partial charge in [0.1, 0.15) is 0 Å². The van der Waals surface area contributed by atoms with Crippen LogP contribution in [0.15, 0.2) is 0 Å². The van der Waals surface area contributed by atoms with Gasteiger partial charge >= 0.3 is 10.3 Å². The zero-order chi connectivity index (χ0) is 8.41. The lowest BCUT2D eigenvalue weighted by Crippen LogP contribution is -2.45. The van der Waals surface area contributed by atoms with Gasteiger partial charge < -0.3 is 0 Å². The van der Waals surface area contributed by atoms with Crippen molar-refractivity contribution in [2.45, 2.75) is 13.3 Å². The molecular weight excluding hydrogens is 154 g/mol. The van der Waals surface area contributed by atoms with Gasteiger partial charge in [0.2, 0.25) is 0 Å². The quantitative estimate of drug-likeness (QED) is 0.486. The fourth-order valence-electron chi connectivity index (χ4n) is 0.654. The molecule has 4 nitrogen and oxygen atoms in total. The van der Waals surface area contributed by atoms with Crippen LogP contribution < -0.4 is 0 Å². The van der Waals surface area contributed by atoms with Crippen molar-refractivity contribution < 1.29 is 16.9 Å². The van der Waals surface area contributed by atoms with Gasteiger partial charge in [0.15, 0.2) is 0 Å². The maximum Gasteiger partial charge on any atom is 0.432 e. The van der Waals surface area contributed by atoms with Crippen LogP contribution in [0, 0.1) is 0 Å². The SMILES string of the molecule is CCC[N+](C)(C)S(=O)(=O)O. The van der Waals surface area contributed by atoms with E-state index in [0.717, 1.165) is 6.42 Å². The van der Waals surface area contributed by atoms with Crippen LogP contribution >= 0.6 is 0 Å². The van der Waals surface area contributed by atoms with Gasteiger partial charge in [0, 0.05) is 0 Å². The third-order valence-electron chi connectivity index (χ3n) is 1.39. The fraction of sp³-hybridized carbons (Fsp3) is 1.00. The highest BCUT2D eigenvalue weighted by Crippen LogP contribution is 2.05. The number of rotatable bonds is 3. The van der Waals surface area contributed by atoms with Gasteiger partial charge in [-0.25, -0.2) is 4.55 Å². The molecule has 0 aromatic carbocycles. The highest BCUT2D eigenvalue weighted by atomic mass is 32.2. The Hall–Kier alpha value is -0.130. The summed E-state index contributed by atoms with van der Waals surface area (Å²) in [6.45, 7) is 2.30. The lowest BCUT2D eigenvalue weighted by molar-refractivity contribution is -0.767. The van der Waals surface area contributed by atoms with Crippen molar-refractivity contribution in [2.24, 2.45) is 0 Å². The molecule has 0 atom stereocenters. The third-order valence-corrected chi connectivity index (χ3v) is 2.82. The van der Waals surface area contributed by atoms with Gasteiger partial charge in [0.05, 0.1) is 20.6 Å². The summed E-state index contributed by atoms with van der Waals surface area (Å²) in [7, 11) is -1.01. The molecule has 0 rings (SSSR count). The molecule has 0 aliphatic heterocycles. The van der Waals surface area contributed by atoms with Crippen LogP contribution in [0.1, 0.15) is 13.3 Å². The standard InChI is InChI=1S/C5H13NO3S/c1-4-5-6(2,3)10(7,8)9/h4-5H2,1-3H3/p+1. The first-order valence-corrected chi connectivity index (χ1v) is 4.51. The molecule has 0 saturated heterocycles. The normalized spacial score (nSPS) is 13.6. The maximum absolute atomic E-state index is 10.6. The van der Waals surface area contributed by atoms with Gasteiger partial charge in [-0.1, -0.05) is 6.92 Å². The topological polar surface area (TPSA) is 54.4 Å². The van der Waals surface area contributed by atoms with Crippen molar-refractivity contribution in [3.05, 3.63) is 0 Å². The second-order valence-corrected chi connectivity index (χ2v) is 4.63. The highest BCUT2D eigenvalue weighted by Gasteiger charge is 2.28. The molecule has 5 heteroatoms. The lowest BCUT2D eigenvalue weighted by Gasteiger charge is -2.23. The Bertz CT molecular complexity index is 195. The number of nitrogens with zero attached hydrogens (tertiary/aromatic N) is 1. The molecule has 10 heavy (non-hydrogen) atoms. The highest BCUT2D eigenvalue weighted by molar-refractivity contribution is 7.80. The second kappa shape index (κ2) is 2.86. The van der Waals surface area contributed by atoms with E-state index in [0.29, 0.717) is 6.54 Å². The predicted octanol–water partition coefficient (Wildman–Crippen LogP) is 0.276. The minimum absolute atomic E-state index is 0.358. The summed E-state index contributed by atoms with van der Waals surface area (Å²) in [6, 6.07) is 0. The van der Waals surface area contributed by atoms with E-state index in [-0.39, 0.29) is 3.89 Å². The van der Waals surface area contributed by atoms with Crippen molar-refractivity contribution in [1.29, 1.82) is 0 Å². The molecule has 0 amide bonds. The molecule has 1 N–H and O–H groups in total. The average Bonchev–Trinajstić information content (AvgIpc) is 1.61.